The Balaban J connectivity index is 1.37. The first-order valence-corrected chi connectivity index (χ1v) is 23.6. The lowest BCUT2D eigenvalue weighted by molar-refractivity contribution is 0.157. The molecule has 6 nitrogen and oxygen atoms in total. The van der Waals surface area contributed by atoms with Crippen molar-refractivity contribution in [3.05, 3.63) is 34.9 Å². The number of hydrogen-bond acceptors (Lipinski definition) is 3. The molecule has 6 aliphatic carbocycles. The summed E-state index contributed by atoms with van der Waals surface area (Å²) in [7, 11) is 6.28. The summed E-state index contributed by atoms with van der Waals surface area (Å²) >= 11 is 0. The second-order valence-corrected chi connectivity index (χ2v) is 18.4. The minimum atomic E-state index is 0.591. The van der Waals surface area contributed by atoms with Crippen molar-refractivity contribution in [1.82, 2.24) is 14.7 Å². The lowest BCUT2D eigenvalue weighted by atomic mass is 9.86. The third-order valence-corrected chi connectivity index (χ3v) is 14.9. The lowest BCUT2D eigenvalue weighted by Crippen LogP contribution is -2.50. The van der Waals surface area contributed by atoms with Gasteiger partial charge in [-0.25, -0.2) is 0 Å². The highest BCUT2D eigenvalue weighted by Gasteiger charge is 2.37. The van der Waals surface area contributed by atoms with Crippen molar-refractivity contribution in [3.63, 3.8) is 0 Å². The van der Waals surface area contributed by atoms with Gasteiger partial charge in [0.2, 0.25) is 0 Å². The molecule has 0 bridgehead atoms. The molecule has 0 amide bonds. The maximum Gasteiger partial charge on any atom is 0.131 e. The zero-order valence-electron chi connectivity index (χ0n) is 35.1. The molecule has 0 aromatic heterocycles. The molecular weight excluding hydrogens is 661 g/mol. The summed E-state index contributed by atoms with van der Waals surface area (Å²) in [5, 5.41) is 0. The fourth-order valence-corrected chi connectivity index (χ4v) is 12.3. The first-order chi connectivity index (χ1) is 26.7. The number of hydrogen-bond donors (Lipinski definition) is 0. The molecule has 1 aromatic carbocycles. The van der Waals surface area contributed by atoms with Crippen molar-refractivity contribution >= 4 is 17.5 Å². The van der Waals surface area contributed by atoms with Gasteiger partial charge in [0.15, 0.2) is 0 Å². The zero-order chi connectivity index (χ0) is 37.1. The normalized spacial score (nSPS) is 24.8. The van der Waals surface area contributed by atoms with Crippen LogP contribution in [0.2, 0.25) is 0 Å². The molecule has 0 spiro atoms. The molecule has 300 valence electrons. The largest absolute Gasteiger partial charge is 0.350 e. The Kier molecular flexibility index (Phi) is 14.9. The van der Waals surface area contributed by atoms with Gasteiger partial charge in [0.05, 0.1) is 0 Å². The van der Waals surface area contributed by atoms with Crippen LogP contribution in [0.25, 0.3) is 0 Å². The Hall–Kier alpha value is -2.37. The maximum atomic E-state index is 5.35. The topological polar surface area (TPSA) is 46.8 Å². The van der Waals surface area contributed by atoms with Gasteiger partial charge >= 0.3 is 0 Å². The van der Waals surface area contributed by atoms with Gasteiger partial charge in [-0.15, -0.1) is 0 Å². The summed E-state index contributed by atoms with van der Waals surface area (Å²) in [6.45, 7) is 0. The van der Waals surface area contributed by atoms with E-state index in [2.05, 4.69) is 54.0 Å². The van der Waals surface area contributed by atoms with E-state index >= 15 is 0 Å². The molecule has 0 radical (unpaired) electrons. The van der Waals surface area contributed by atoms with E-state index in [1.807, 2.05) is 0 Å². The van der Waals surface area contributed by atoms with Crippen molar-refractivity contribution in [2.45, 2.75) is 229 Å². The Morgan fingerprint density at radius 1 is 0.315 bits per heavy atom. The van der Waals surface area contributed by atoms with E-state index in [1.54, 1.807) is 0 Å². The molecule has 0 aliphatic heterocycles. The Labute approximate surface area is 331 Å². The van der Waals surface area contributed by atoms with Crippen LogP contribution in [-0.4, -0.2) is 89.6 Å². The number of benzene rings is 1. The van der Waals surface area contributed by atoms with Gasteiger partial charge in [-0.1, -0.05) is 116 Å². The number of aliphatic imine (C=N–C) groups is 3. The fraction of sp³-hybridized carbons (Fsp3) is 0.812. The van der Waals surface area contributed by atoms with E-state index in [1.165, 1.54) is 227 Å². The van der Waals surface area contributed by atoms with E-state index < -0.39 is 0 Å². The number of rotatable bonds is 9. The smallest absolute Gasteiger partial charge is 0.131 e. The summed E-state index contributed by atoms with van der Waals surface area (Å²) in [6, 6.07) is 11.2. The van der Waals surface area contributed by atoms with Crippen LogP contribution in [0, 0.1) is 0 Å². The molecule has 54 heavy (non-hydrogen) atoms. The van der Waals surface area contributed by atoms with E-state index in [-0.39, 0.29) is 0 Å². The van der Waals surface area contributed by atoms with Crippen molar-refractivity contribution < 1.29 is 0 Å². The van der Waals surface area contributed by atoms with Crippen LogP contribution in [0.3, 0.4) is 0 Å². The number of nitrogens with zero attached hydrogens (tertiary/aromatic N) is 6. The Morgan fingerprint density at radius 3 is 0.630 bits per heavy atom. The van der Waals surface area contributed by atoms with Crippen LogP contribution >= 0.6 is 0 Å². The predicted octanol–water partition coefficient (Wildman–Crippen LogP) is 11.7. The SMILES string of the molecule is CN=C(c1cc(C(=NC)N(C2CCCCC2)C2CCCCC2)cc(C(=NC)N(C2CCCCC2)C2CCCCC2)c1)N(C1CCCCC1)C1CCCCC1. The van der Waals surface area contributed by atoms with Gasteiger partial charge in [-0.05, 0) is 95.2 Å². The van der Waals surface area contributed by atoms with Crippen LogP contribution in [0.5, 0.6) is 0 Å². The molecule has 1 aromatic rings. The van der Waals surface area contributed by atoms with E-state index in [9.17, 15) is 0 Å². The first kappa shape index (κ1) is 39.8. The molecule has 6 heteroatoms. The van der Waals surface area contributed by atoms with Crippen molar-refractivity contribution in [3.8, 4) is 0 Å². The highest BCUT2D eigenvalue weighted by Crippen LogP contribution is 2.37. The van der Waals surface area contributed by atoms with Crippen LogP contribution in [-0.2, 0) is 0 Å². The molecule has 0 atom stereocenters. The molecule has 0 heterocycles. The lowest BCUT2D eigenvalue weighted by Gasteiger charge is -2.45. The third kappa shape index (κ3) is 9.42. The van der Waals surface area contributed by atoms with Crippen molar-refractivity contribution in [1.29, 1.82) is 0 Å². The fourth-order valence-electron chi connectivity index (χ4n) is 12.3. The van der Waals surface area contributed by atoms with E-state index in [4.69, 9.17) is 15.0 Å². The molecule has 6 saturated carbocycles. The second-order valence-electron chi connectivity index (χ2n) is 18.4. The summed E-state index contributed by atoms with van der Waals surface area (Å²) in [5.74, 6) is 3.73. The summed E-state index contributed by atoms with van der Waals surface area (Å²) < 4.78 is 0. The van der Waals surface area contributed by atoms with Gasteiger partial charge in [-0.3, -0.25) is 15.0 Å². The van der Waals surface area contributed by atoms with Gasteiger partial charge in [0.25, 0.3) is 0 Å². The maximum absolute atomic E-state index is 5.35. The Bertz CT molecular complexity index is 1140. The third-order valence-electron chi connectivity index (χ3n) is 14.9. The number of amidine groups is 3. The van der Waals surface area contributed by atoms with Gasteiger partial charge < -0.3 is 14.7 Å². The second kappa shape index (κ2) is 20.2. The van der Waals surface area contributed by atoms with E-state index in [0.717, 1.165) is 0 Å². The quantitative estimate of drug-likeness (QED) is 0.187. The Morgan fingerprint density at radius 2 is 0.481 bits per heavy atom. The van der Waals surface area contributed by atoms with Gasteiger partial charge in [0, 0.05) is 74.1 Å². The van der Waals surface area contributed by atoms with Crippen LogP contribution < -0.4 is 0 Å². The minimum absolute atomic E-state index is 0.591. The molecule has 6 aliphatic rings. The standard InChI is InChI=1S/C48H78N6/c1-49-46(52(40-22-10-4-11-23-40)41-24-12-5-13-25-41)37-34-38(47(50-2)53(42-26-14-6-15-27-42)43-28-16-7-17-29-43)36-39(35-37)48(51-3)54(44-30-18-8-19-31-44)45-32-20-9-21-33-45/h34-36,40-45H,4-33H2,1-3H3. The summed E-state index contributed by atoms with van der Waals surface area (Å²) in [6.07, 6.45) is 40.2. The molecule has 0 saturated heterocycles. The molecular formula is C48H78N6. The van der Waals surface area contributed by atoms with Crippen LogP contribution in [0.15, 0.2) is 33.2 Å². The van der Waals surface area contributed by atoms with Crippen LogP contribution in [0.1, 0.15) is 209 Å². The predicted molar refractivity (Wildman–Crippen MR) is 231 cm³/mol. The first-order valence-electron chi connectivity index (χ1n) is 23.6. The van der Waals surface area contributed by atoms with Gasteiger partial charge in [-0.2, -0.15) is 0 Å². The monoisotopic (exact) mass is 739 g/mol. The highest BCUT2D eigenvalue weighted by molar-refractivity contribution is 6.09. The average Bonchev–Trinajstić information content (AvgIpc) is 3.25. The van der Waals surface area contributed by atoms with Crippen LogP contribution in [0.4, 0.5) is 0 Å². The zero-order valence-corrected chi connectivity index (χ0v) is 35.1. The highest BCUT2D eigenvalue weighted by atomic mass is 15.3. The molecule has 0 unspecified atom stereocenters. The van der Waals surface area contributed by atoms with E-state index in [0.29, 0.717) is 36.3 Å². The molecule has 6 fully saturated rings. The summed E-state index contributed by atoms with van der Waals surface area (Å²) in [4.78, 5) is 24.7. The van der Waals surface area contributed by atoms with Crippen molar-refractivity contribution in [2.24, 2.45) is 15.0 Å². The van der Waals surface area contributed by atoms with Crippen molar-refractivity contribution in [2.75, 3.05) is 21.1 Å². The van der Waals surface area contributed by atoms with Gasteiger partial charge in [0.1, 0.15) is 17.5 Å². The molecule has 7 rings (SSSR count). The minimum Gasteiger partial charge on any atom is -0.350 e. The average molecular weight is 739 g/mol. The molecule has 0 N–H and O–H groups in total. The summed E-state index contributed by atoms with van der Waals surface area (Å²) in [5.41, 5.74) is 3.92.